The molecule has 2 aromatic rings. The van der Waals surface area contributed by atoms with Gasteiger partial charge in [-0.2, -0.15) is 0 Å². The molecule has 27 heavy (non-hydrogen) atoms. The van der Waals surface area contributed by atoms with Crippen LogP contribution >= 0.6 is 7.60 Å². The third-order valence-corrected chi connectivity index (χ3v) is 66.7. The van der Waals surface area contributed by atoms with Gasteiger partial charge in [-0.15, -0.1) is 0 Å². The molecule has 0 radical (unpaired) electrons. The Balaban J connectivity index is 1.46. The standard InChI is InChI=1S/C17H14O3P.C5H5.Fe/c18-21(19,20)16-12-11-15(13-7-3-1-4-8-13)17(16)14-9-5-2-6-10-14;1-2-4-5-3-1;/h1-12H,(H2,18,19,20);1-5H;. The van der Waals surface area contributed by atoms with E-state index in [2.05, 4.69) is 60.7 Å². The predicted octanol–water partition coefficient (Wildman–Crippen LogP) is 4.68. The fraction of sp³-hybridized carbons (Fsp3) is 0.455. The SMILES string of the molecule is O=P(O)(O)[C]12[CH]3[CH]4[C]5(c6ccccc6)[C]1(c1ccccc1)[Fe]43521678[CH]2[CH]1[CH]6[CH]7[CH]28. The summed E-state index contributed by atoms with van der Waals surface area (Å²) in [5, 5.41) is 0. The summed E-state index contributed by atoms with van der Waals surface area (Å²) in [6.07, 6.45) is 0. The number of benzene rings is 2. The summed E-state index contributed by atoms with van der Waals surface area (Å²) in [6.45, 7) is -4.50. The van der Waals surface area contributed by atoms with E-state index < -0.39 is 18.2 Å². The van der Waals surface area contributed by atoms with E-state index in [1.807, 2.05) is 0 Å². The Morgan fingerprint density at radius 2 is 1.22 bits per heavy atom. The fourth-order valence-corrected chi connectivity index (χ4v) is 112. The molecule has 5 heteroatoms. The van der Waals surface area contributed by atoms with Gasteiger partial charge in [-0.1, -0.05) is 0 Å². The first-order valence-electron chi connectivity index (χ1n) is 10.2. The Labute approximate surface area is 146 Å². The van der Waals surface area contributed by atoms with Crippen LogP contribution in [0.2, 0.25) is 33.7 Å². The van der Waals surface area contributed by atoms with Crippen molar-refractivity contribution in [3.8, 4) is 0 Å². The molecule has 5 atom stereocenters. The number of hydrogen-bond acceptors (Lipinski definition) is 1. The minimum atomic E-state index is -4.50. The molecule has 10 aliphatic heterocycles. The van der Waals surface area contributed by atoms with Gasteiger partial charge < -0.3 is 0 Å². The van der Waals surface area contributed by atoms with Crippen LogP contribution in [0.15, 0.2) is 60.7 Å². The Hall–Kier alpha value is -0.891. The molecule has 0 bridgehead atoms. The molecule has 10 aliphatic rings. The zero-order chi connectivity index (χ0) is 17.6. The van der Waals surface area contributed by atoms with E-state index in [-0.39, 0.29) is 8.63 Å². The van der Waals surface area contributed by atoms with Gasteiger partial charge in [-0.05, 0) is 0 Å². The normalized spacial score (nSPS) is 85.3. The van der Waals surface area contributed by atoms with E-state index in [9.17, 15) is 14.4 Å². The second-order valence-electron chi connectivity index (χ2n) is 13.1. The monoisotopic (exact) mass is 418 g/mol. The van der Waals surface area contributed by atoms with Crippen molar-refractivity contribution < 1.29 is 20.9 Å². The van der Waals surface area contributed by atoms with Crippen molar-refractivity contribution in [2.75, 3.05) is 0 Å². The molecule has 5 unspecified atom stereocenters. The average Bonchev–Trinajstić information content (AvgIpc) is 3.61. The first-order chi connectivity index (χ1) is 12.8. The van der Waals surface area contributed by atoms with Crippen molar-refractivity contribution in [3.05, 3.63) is 71.8 Å². The van der Waals surface area contributed by atoms with Gasteiger partial charge in [0, 0.05) is 0 Å². The Kier molecular flexibility index (Phi) is 0.585. The minimum absolute atomic E-state index is 0.0965. The summed E-state index contributed by atoms with van der Waals surface area (Å²) < 4.78 is 13.1. The van der Waals surface area contributed by atoms with Gasteiger partial charge in [0.1, 0.15) is 0 Å². The second-order valence-corrected chi connectivity index (χ2v) is 38.1. The van der Waals surface area contributed by atoms with Crippen molar-refractivity contribution in [2.24, 2.45) is 0 Å². The number of hydrogen-bond donors (Lipinski definition) is 2. The molecule has 10 saturated heterocycles. The van der Waals surface area contributed by atoms with Gasteiger partial charge in [-0.3, -0.25) is 0 Å². The molecule has 0 aliphatic carbocycles. The molecule has 10 heterocycles. The molecule has 3 nitrogen and oxygen atoms in total. The van der Waals surface area contributed by atoms with Crippen LogP contribution in [-0.4, -0.2) is 13.8 Å². The zero-order valence-corrected chi connectivity index (χ0v) is 16.4. The molecule has 12 rings (SSSR count). The van der Waals surface area contributed by atoms with Crippen LogP contribution in [0.25, 0.3) is 0 Å². The van der Waals surface area contributed by atoms with Gasteiger partial charge >= 0.3 is 147 Å². The van der Waals surface area contributed by atoms with Crippen LogP contribution < -0.4 is 0 Å². The maximum atomic E-state index is 13.5. The van der Waals surface area contributed by atoms with E-state index in [1.165, 1.54) is 11.1 Å². The number of rotatable bonds is 3. The van der Waals surface area contributed by atoms with Gasteiger partial charge in [0.25, 0.3) is 0 Å². The quantitative estimate of drug-likeness (QED) is 0.563. The first kappa shape index (κ1) is 12.0. The molecule has 0 aromatic heterocycles. The van der Waals surface area contributed by atoms with Gasteiger partial charge in [-0.25, -0.2) is 0 Å². The zero-order valence-electron chi connectivity index (χ0n) is 14.4. The fourth-order valence-electron chi connectivity index (χ4n) is 20.6. The second kappa shape index (κ2) is 1.32. The van der Waals surface area contributed by atoms with E-state index in [0.717, 1.165) is 28.9 Å². The molecular formula is C22H19FeO3P. The Morgan fingerprint density at radius 1 is 0.741 bits per heavy atom. The summed E-state index contributed by atoms with van der Waals surface area (Å²) in [5.41, 5.74) is 2.83. The first-order valence-corrected chi connectivity index (χ1v) is 17.9. The van der Waals surface area contributed by atoms with Crippen molar-refractivity contribution in [1.29, 1.82) is 0 Å². The van der Waals surface area contributed by atoms with Crippen LogP contribution in [0.5, 0.6) is 0 Å². The Morgan fingerprint density at radius 3 is 1.67 bits per heavy atom. The van der Waals surface area contributed by atoms with Crippen molar-refractivity contribution in [2.45, 2.75) is 46.4 Å². The third kappa shape index (κ3) is 0.175. The van der Waals surface area contributed by atoms with Crippen molar-refractivity contribution >= 4 is 7.60 Å². The summed E-state index contributed by atoms with van der Waals surface area (Å²) in [7, 11) is -4.14. The van der Waals surface area contributed by atoms with Gasteiger partial charge in [0.05, 0.1) is 0 Å². The molecule has 2 aromatic carbocycles. The number of fused-ring (bicyclic) bond motifs is 10. The third-order valence-electron chi connectivity index (χ3n) is 17.7. The summed E-state index contributed by atoms with van der Waals surface area (Å²) in [4.78, 5) is 27.4. The Bertz CT molecular complexity index is 1670. The molecule has 0 amide bonds. The van der Waals surface area contributed by atoms with E-state index in [1.54, 1.807) is 0 Å². The van der Waals surface area contributed by atoms with Gasteiger partial charge in [0.2, 0.25) is 0 Å². The maximum absolute atomic E-state index is 13.5. The van der Waals surface area contributed by atoms with E-state index in [0.29, 0.717) is 4.82 Å². The van der Waals surface area contributed by atoms with E-state index >= 15 is 0 Å². The van der Waals surface area contributed by atoms with Gasteiger partial charge in [0.15, 0.2) is 0 Å². The van der Waals surface area contributed by atoms with E-state index in [4.69, 9.17) is 0 Å². The molecule has 10 fully saturated rings. The van der Waals surface area contributed by atoms with Crippen LogP contribution in [0, 0.1) is 0 Å². The van der Waals surface area contributed by atoms with Crippen molar-refractivity contribution in [1.82, 2.24) is 0 Å². The predicted molar refractivity (Wildman–Crippen MR) is 97.3 cm³/mol. The summed E-state index contributed by atoms with van der Waals surface area (Å²) >= 11 is 0. The summed E-state index contributed by atoms with van der Waals surface area (Å²) in [5.74, 6) is 0. The molecule has 2 N–H and O–H groups in total. The molecule has 1 spiro atoms. The van der Waals surface area contributed by atoms with Crippen LogP contribution in [0.4, 0.5) is 0 Å². The topological polar surface area (TPSA) is 57.5 Å². The summed E-state index contributed by atoms with van der Waals surface area (Å²) in [6, 6.07) is 21.9. The molecule has 0 saturated carbocycles. The molecular weight excluding hydrogens is 399 g/mol. The van der Waals surface area contributed by atoms with Crippen LogP contribution in [-0.2, 0) is 19.7 Å². The van der Waals surface area contributed by atoms with Crippen LogP contribution in [0.3, 0.4) is 0 Å². The van der Waals surface area contributed by atoms with Crippen LogP contribution in [0.1, 0.15) is 11.1 Å². The average molecular weight is 418 g/mol. The van der Waals surface area contributed by atoms with Crippen molar-refractivity contribution in [3.63, 3.8) is 0 Å². The molecule has 138 valence electrons.